The second kappa shape index (κ2) is 9.94. The molecule has 3 aromatic carbocycles. The van der Waals surface area contributed by atoms with E-state index in [4.69, 9.17) is 0 Å². The van der Waals surface area contributed by atoms with Crippen LogP contribution in [0.5, 0.6) is 5.75 Å². The van der Waals surface area contributed by atoms with Crippen LogP contribution < -0.4 is 0 Å². The number of hydrogen-bond acceptors (Lipinski definition) is 3. The van der Waals surface area contributed by atoms with Gasteiger partial charge >= 0.3 is 0 Å². The maximum atomic E-state index is 10.2. The molecule has 2 N–H and O–H groups in total. The van der Waals surface area contributed by atoms with Crippen molar-refractivity contribution in [2.75, 3.05) is 19.7 Å². The number of rotatable bonds is 8. The van der Waals surface area contributed by atoms with Crippen LogP contribution in [0.2, 0.25) is 0 Å². The zero-order chi connectivity index (χ0) is 22.6. The van der Waals surface area contributed by atoms with E-state index in [1.807, 2.05) is 18.2 Å². The smallest absolute Gasteiger partial charge is 0.116 e. The SMILES string of the molecule is OCCC/C(=C(/c1ccc(C2CCN(C3CC3)C2)cc1)c1cccc(O)c1)c1ccccc1. The Kier molecular flexibility index (Phi) is 6.61. The quantitative estimate of drug-likeness (QED) is 0.418. The second-order valence-electron chi connectivity index (χ2n) is 9.43. The third-order valence-corrected chi connectivity index (χ3v) is 7.10. The van der Waals surface area contributed by atoms with Crippen molar-refractivity contribution < 1.29 is 10.2 Å². The van der Waals surface area contributed by atoms with Gasteiger partial charge in [0.25, 0.3) is 0 Å². The van der Waals surface area contributed by atoms with Gasteiger partial charge in [0, 0.05) is 19.2 Å². The molecule has 0 aromatic heterocycles. The number of benzene rings is 3. The summed E-state index contributed by atoms with van der Waals surface area (Å²) in [6.45, 7) is 2.57. The Morgan fingerprint density at radius 2 is 1.58 bits per heavy atom. The van der Waals surface area contributed by atoms with Crippen molar-refractivity contribution in [2.24, 2.45) is 0 Å². The van der Waals surface area contributed by atoms with Crippen LogP contribution >= 0.6 is 0 Å². The summed E-state index contributed by atoms with van der Waals surface area (Å²) >= 11 is 0. The predicted molar refractivity (Wildman–Crippen MR) is 135 cm³/mol. The molecule has 2 aliphatic rings. The van der Waals surface area contributed by atoms with Gasteiger partial charge in [0.05, 0.1) is 0 Å². The topological polar surface area (TPSA) is 43.7 Å². The van der Waals surface area contributed by atoms with E-state index < -0.39 is 0 Å². The number of aliphatic hydroxyl groups excluding tert-OH is 1. The molecule has 3 nitrogen and oxygen atoms in total. The fraction of sp³-hybridized carbons (Fsp3) is 0.333. The highest BCUT2D eigenvalue weighted by Gasteiger charge is 2.34. The minimum absolute atomic E-state index is 0.155. The highest BCUT2D eigenvalue weighted by molar-refractivity contribution is 5.98. The van der Waals surface area contributed by atoms with Crippen LogP contribution in [-0.4, -0.2) is 40.9 Å². The molecule has 1 aliphatic carbocycles. The van der Waals surface area contributed by atoms with Crippen LogP contribution in [0.15, 0.2) is 78.9 Å². The van der Waals surface area contributed by atoms with Gasteiger partial charge in [0.15, 0.2) is 0 Å². The van der Waals surface area contributed by atoms with Crippen molar-refractivity contribution in [1.82, 2.24) is 4.90 Å². The van der Waals surface area contributed by atoms with Gasteiger partial charge in [0.2, 0.25) is 0 Å². The molecule has 33 heavy (non-hydrogen) atoms. The van der Waals surface area contributed by atoms with Gasteiger partial charge in [-0.3, -0.25) is 4.90 Å². The van der Waals surface area contributed by atoms with Crippen LogP contribution in [0.3, 0.4) is 0 Å². The predicted octanol–water partition coefficient (Wildman–Crippen LogP) is 6.08. The van der Waals surface area contributed by atoms with Gasteiger partial charge in [-0.05, 0) is 90.1 Å². The molecule has 1 atom stereocenters. The summed E-state index contributed by atoms with van der Waals surface area (Å²) in [5.41, 5.74) is 7.06. The van der Waals surface area contributed by atoms with E-state index in [9.17, 15) is 10.2 Å². The molecule has 5 rings (SSSR count). The van der Waals surface area contributed by atoms with E-state index in [0.717, 1.165) is 34.7 Å². The number of aliphatic hydroxyl groups is 1. The van der Waals surface area contributed by atoms with Crippen LogP contribution in [0.4, 0.5) is 0 Å². The molecule has 1 unspecified atom stereocenters. The largest absolute Gasteiger partial charge is 0.508 e. The summed E-state index contributed by atoms with van der Waals surface area (Å²) < 4.78 is 0. The molecule has 1 heterocycles. The lowest BCUT2D eigenvalue weighted by molar-refractivity contribution is 0.290. The first-order valence-electron chi connectivity index (χ1n) is 12.3. The number of phenols is 1. The Morgan fingerprint density at radius 1 is 0.818 bits per heavy atom. The van der Waals surface area contributed by atoms with Crippen molar-refractivity contribution in [3.8, 4) is 5.75 Å². The van der Waals surface area contributed by atoms with Gasteiger partial charge in [-0.25, -0.2) is 0 Å². The van der Waals surface area contributed by atoms with Gasteiger partial charge in [-0.15, -0.1) is 0 Å². The minimum Gasteiger partial charge on any atom is -0.508 e. The van der Waals surface area contributed by atoms with Crippen LogP contribution in [0, 0.1) is 0 Å². The summed E-state index contributed by atoms with van der Waals surface area (Å²) in [4.78, 5) is 2.67. The summed E-state index contributed by atoms with van der Waals surface area (Å²) in [7, 11) is 0. The van der Waals surface area contributed by atoms with E-state index in [2.05, 4.69) is 59.5 Å². The zero-order valence-electron chi connectivity index (χ0n) is 19.2. The van der Waals surface area contributed by atoms with Gasteiger partial charge < -0.3 is 10.2 Å². The van der Waals surface area contributed by atoms with Crippen molar-refractivity contribution >= 4 is 11.1 Å². The summed E-state index contributed by atoms with van der Waals surface area (Å²) in [5, 5.41) is 19.8. The monoisotopic (exact) mass is 439 g/mol. The molecule has 0 radical (unpaired) electrons. The number of allylic oxidation sites excluding steroid dienone is 1. The number of hydrogen-bond donors (Lipinski definition) is 2. The molecular formula is C30H33NO2. The average Bonchev–Trinajstić information content (AvgIpc) is 3.59. The molecule has 0 bridgehead atoms. The third-order valence-electron chi connectivity index (χ3n) is 7.10. The molecule has 1 saturated carbocycles. The Bertz CT molecular complexity index is 1100. The summed E-state index contributed by atoms with van der Waals surface area (Å²) in [5.74, 6) is 0.887. The Hall–Kier alpha value is -2.88. The first-order valence-corrected chi connectivity index (χ1v) is 12.3. The number of phenolic OH excluding ortho intramolecular Hbond substituents is 1. The third kappa shape index (κ3) is 5.05. The lowest BCUT2D eigenvalue weighted by Gasteiger charge is -2.19. The fourth-order valence-electron chi connectivity index (χ4n) is 5.24. The molecule has 3 aromatic rings. The van der Waals surface area contributed by atoms with E-state index in [-0.39, 0.29) is 12.4 Å². The van der Waals surface area contributed by atoms with E-state index in [1.165, 1.54) is 43.5 Å². The molecular weight excluding hydrogens is 406 g/mol. The first-order chi connectivity index (χ1) is 16.2. The number of aromatic hydroxyl groups is 1. The number of nitrogens with zero attached hydrogens (tertiary/aromatic N) is 1. The van der Waals surface area contributed by atoms with E-state index >= 15 is 0 Å². The second-order valence-corrected chi connectivity index (χ2v) is 9.43. The minimum atomic E-state index is 0.155. The highest BCUT2D eigenvalue weighted by atomic mass is 16.3. The normalized spacial score (nSPS) is 19.5. The van der Waals surface area contributed by atoms with Crippen LogP contribution in [0.25, 0.3) is 11.1 Å². The lowest BCUT2D eigenvalue weighted by atomic mass is 9.86. The van der Waals surface area contributed by atoms with Crippen molar-refractivity contribution in [3.63, 3.8) is 0 Å². The van der Waals surface area contributed by atoms with Crippen molar-refractivity contribution in [3.05, 3.63) is 101 Å². The van der Waals surface area contributed by atoms with E-state index in [1.54, 1.807) is 6.07 Å². The zero-order valence-corrected chi connectivity index (χ0v) is 19.2. The molecule has 170 valence electrons. The summed E-state index contributed by atoms with van der Waals surface area (Å²) in [6, 6.07) is 27.9. The Balaban J connectivity index is 1.54. The standard InChI is InChI=1S/C30H33NO2/c32-19-5-10-29(23-6-2-1-3-7-23)30(25-8-4-9-28(33)20-25)24-13-11-22(12-14-24)26-17-18-31(21-26)27-15-16-27/h1-4,6-9,11-14,20,26-27,32-33H,5,10,15-19,21H2/b30-29+. The maximum Gasteiger partial charge on any atom is 0.116 e. The first kappa shape index (κ1) is 21.9. The molecule has 0 spiro atoms. The van der Waals surface area contributed by atoms with Gasteiger partial charge in [-0.2, -0.15) is 0 Å². The van der Waals surface area contributed by atoms with Crippen molar-refractivity contribution in [2.45, 2.75) is 44.1 Å². The average molecular weight is 440 g/mol. The van der Waals surface area contributed by atoms with Crippen LogP contribution in [0.1, 0.15) is 60.3 Å². The maximum absolute atomic E-state index is 10.2. The molecule has 2 fully saturated rings. The van der Waals surface area contributed by atoms with Crippen LogP contribution in [-0.2, 0) is 0 Å². The lowest BCUT2D eigenvalue weighted by Crippen LogP contribution is -2.22. The van der Waals surface area contributed by atoms with E-state index in [0.29, 0.717) is 12.3 Å². The summed E-state index contributed by atoms with van der Waals surface area (Å²) in [6.07, 6.45) is 5.46. The fourth-order valence-corrected chi connectivity index (χ4v) is 5.24. The van der Waals surface area contributed by atoms with Gasteiger partial charge in [0.1, 0.15) is 5.75 Å². The molecule has 0 amide bonds. The highest BCUT2D eigenvalue weighted by Crippen LogP contribution is 2.38. The Labute approximate surface area is 197 Å². The van der Waals surface area contributed by atoms with Crippen molar-refractivity contribution in [1.29, 1.82) is 0 Å². The van der Waals surface area contributed by atoms with Gasteiger partial charge in [-0.1, -0.05) is 66.7 Å². The Morgan fingerprint density at radius 3 is 2.27 bits per heavy atom. The molecule has 3 heteroatoms. The molecule has 1 saturated heterocycles. The number of likely N-dealkylation sites (tertiary alicyclic amines) is 1. The molecule has 1 aliphatic heterocycles.